The van der Waals surface area contributed by atoms with Crippen LogP contribution in [0.1, 0.15) is 10.4 Å². The molecule has 0 fully saturated rings. The fourth-order valence-electron chi connectivity index (χ4n) is 1.70. The highest BCUT2D eigenvalue weighted by atomic mass is 127. The van der Waals surface area contributed by atoms with Crippen molar-refractivity contribution in [1.82, 2.24) is 5.32 Å². The van der Waals surface area contributed by atoms with Crippen molar-refractivity contribution in [1.29, 1.82) is 0 Å². The molecule has 0 aliphatic heterocycles. The number of nitrogens with one attached hydrogen (secondary N) is 2. The predicted molar refractivity (Wildman–Crippen MR) is 101 cm³/mol. The maximum absolute atomic E-state index is 12.0. The van der Waals surface area contributed by atoms with Crippen molar-refractivity contribution in [3.8, 4) is 0 Å². The maximum atomic E-state index is 12.0. The average molecular weight is 461 g/mol. The van der Waals surface area contributed by atoms with Gasteiger partial charge in [-0.15, -0.1) is 0 Å². The van der Waals surface area contributed by atoms with Crippen molar-refractivity contribution in [3.63, 3.8) is 0 Å². The fourth-order valence-corrected chi connectivity index (χ4v) is 2.96. The number of primary sulfonamides is 1. The Morgan fingerprint density at radius 1 is 1.13 bits per heavy atom. The Balaban J connectivity index is 2.01. The van der Waals surface area contributed by atoms with Crippen molar-refractivity contribution in [3.05, 3.63) is 57.7 Å². The van der Waals surface area contributed by atoms with Crippen LogP contribution in [-0.2, 0) is 10.0 Å². The van der Waals surface area contributed by atoms with Crippen LogP contribution < -0.4 is 15.8 Å². The van der Waals surface area contributed by atoms with Gasteiger partial charge in [0.25, 0.3) is 5.91 Å². The number of halogens is 1. The molecular formula is C14H12IN3O3S2. The SMILES string of the molecule is NS(=O)(=O)c1ccc(NC(=S)NC(=O)c2cccc(I)c2)cc1. The largest absolute Gasteiger partial charge is 0.332 e. The normalized spacial score (nSPS) is 10.9. The number of carbonyl (C=O) groups excluding carboxylic acids is 1. The van der Waals surface area contributed by atoms with Crippen LogP contribution in [0.3, 0.4) is 0 Å². The number of benzene rings is 2. The van der Waals surface area contributed by atoms with Gasteiger partial charge in [-0.2, -0.15) is 0 Å². The van der Waals surface area contributed by atoms with Gasteiger partial charge in [-0.3, -0.25) is 10.1 Å². The molecule has 0 bridgehead atoms. The molecule has 0 unspecified atom stereocenters. The van der Waals surface area contributed by atoms with E-state index >= 15 is 0 Å². The molecule has 9 heteroatoms. The summed E-state index contributed by atoms with van der Waals surface area (Å²) in [6.07, 6.45) is 0. The molecule has 2 rings (SSSR count). The van der Waals surface area contributed by atoms with Crippen LogP contribution in [0.25, 0.3) is 0 Å². The van der Waals surface area contributed by atoms with Crippen LogP contribution in [-0.4, -0.2) is 19.4 Å². The Bertz CT molecular complexity index is 852. The quantitative estimate of drug-likeness (QED) is 0.480. The lowest BCUT2D eigenvalue weighted by Gasteiger charge is -2.10. The lowest BCUT2D eigenvalue weighted by molar-refractivity contribution is 0.0977. The summed E-state index contributed by atoms with van der Waals surface area (Å²) in [5.74, 6) is -0.331. The number of hydrogen-bond donors (Lipinski definition) is 3. The Morgan fingerprint density at radius 2 is 1.78 bits per heavy atom. The van der Waals surface area contributed by atoms with Gasteiger partial charge in [0.05, 0.1) is 4.90 Å². The standard InChI is InChI=1S/C14H12IN3O3S2/c15-10-3-1-2-9(8-10)13(19)18-14(22)17-11-4-6-12(7-5-11)23(16,20)21/h1-8H,(H2,16,20,21)(H2,17,18,19,22). The second kappa shape index (κ2) is 7.34. The molecule has 4 N–H and O–H groups in total. The van der Waals surface area contributed by atoms with E-state index in [-0.39, 0.29) is 15.9 Å². The van der Waals surface area contributed by atoms with E-state index in [1.807, 2.05) is 6.07 Å². The zero-order valence-corrected chi connectivity index (χ0v) is 15.4. The predicted octanol–water partition coefficient (Wildman–Crippen LogP) is 2.07. The molecule has 0 saturated heterocycles. The molecule has 23 heavy (non-hydrogen) atoms. The molecule has 0 spiro atoms. The monoisotopic (exact) mass is 461 g/mol. The smallest absolute Gasteiger partial charge is 0.257 e. The van der Waals surface area contributed by atoms with E-state index in [4.69, 9.17) is 17.4 Å². The highest BCUT2D eigenvalue weighted by Gasteiger charge is 2.10. The lowest BCUT2D eigenvalue weighted by atomic mass is 10.2. The van der Waals surface area contributed by atoms with Gasteiger partial charge in [-0.05, 0) is 77.3 Å². The Morgan fingerprint density at radius 3 is 2.35 bits per heavy atom. The van der Waals surface area contributed by atoms with Crippen LogP contribution >= 0.6 is 34.8 Å². The summed E-state index contributed by atoms with van der Waals surface area (Å²) >= 11 is 7.18. The second-order valence-corrected chi connectivity index (χ2v) is 7.70. The summed E-state index contributed by atoms with van der Waals surface area (Å²) in [4.78, 5) is 12.0. The Hall–Kier alpha value is -1.56. The lowest BCUT2D eigenvalue weighted by Crippen LogP contribution is -2.34. The summed E-state index contributed by atoms with van der Waals surface area (Å²) in [6.45, 7) is 0. The molecule has 0 radical (unpaired) electrons. The van der Waals surface area contributed by atoms with Crippen LogP contribution in [0, 0.1) is 3.57 Å². The van der Waals surface area contributed by atoms with Crippen molar-refractivity contribution < 1.29 is 13.2 Å². The van der Waals surface area contributed by atoms with E-state index in [9.17, 15) is 13.2 Å². The number of hydrogen-bond acceptors (Lipinski definition) is 4. The highest BCUT2D eigenvalue weighted by molar-refractivity contribution is 14.1. The summed E-state index contributed by atoms with van der Waals surface area (Å²) in [6, 6.07) is 12.8. The third-order valence-corrected chi connectivity index (χ3v) is 4.56. The minimum atomic E-state index is -3.74. The second-order valence-electron chi connectivity index (χ2n) is 4.49. The first-order valence-corrected chi connectivity index (χ1v) is 9.30. The van der Waals surface area contributed by atoms with E-state index in [1.54, 1.807) is 18.2 Å². The molecule has 6 nitrogen and oxygen atoms in total. The van der Waals surface area contributed by atoms with Gasteiger partial charge < -0.3 is 5.32 Å². The zero-order chi connectivity index (χ0) is 17.0. The molecular weight excluding hydrogens is 449 g/mol. The van der Waals surface area contributed by atoms with E-state index < -0.39 is 10.0 Å². The van der Waals surface area contributed by atoms with Crippen molar-refractivity contribution in [2.75, 3.05) is 5.32 Å². The van der Waals surface area contributed by atoms with E-state index in [2.05, 4.69) is 33.2 Å². The Kier molecular flexibility index (Phi) is 5.68. The first-order chi connectivity index (χ1) is 10.8. The summed E-state index contributed by atoms with van der Waals surface area (Å²) in [5, 5.41) is 10.5. The number of nitrogens with two attached hydrogens (primary N) is 1. The number of carbonyl (C=O) groups is 1. The number of amides is 1. The van der Waals surface area contributed by atoms with E-state index in [0.29, 0.717) is 11.3 Å². The molecule has 0 aliphatic rings. The van der Waals surface area contributed by atoms with Gasteiger partial charge in [0.2, 0.25) is 10.0 Å². The van der Waals surface area contributed by atoms with Gasteiger partial charge in [0, 0.05) is 14.8 Å². The van der Waals surface area contributed by atoms with Crippen molar-refractivity contribution in [2.45, 2.75) is 4.90 Å². The molecule has 0 aliphatic carbocycles. The molecule has 2 aromatic rings. The average Bonchev–Trinajstić information content (AvgIpc) is 2.46. The number of rotatable bonds is 3. The van der Waals surface area contributed by atoms with Gasteiger partial charge in [0.1, 0.15) is 0 Å². The molecule has 0 atom stereocenters. The van der Waals surface area contributed by atoms with E-state index in [0.717, 1.165) is 3.57 Å². The van der Waals surface area contributed by atoms with Gasteiger partial charge in [0.15, 0.2) is 5.11 Å². The van der Waals surface area contributed by atoms with Gasteiger partial charge in [-0.1, -0.05) is 6.07 Å². The third-order valence-electron chi connectivity index (χ3n) is 2.75. The van der Waals surface area contributed by atoms with Crippen LogP contribution in [0.2, 0.25) is 0 Å². The van der Waals surface area contributed by atoms with Crippen molar-refractivity contribution in [2.24, 2.45) is 5.14 Å². The van der Waals surface area contributed by atoms with E-state index in [1.165, 1.54) is 24.3 Å². The third kappa shape index (κ3) is 5.23. The number of anilines is 1. The van der Waals surface area contributed by atoms with Crippen LogP contribution in [0.4, 0.5) is 5.69 Å². The zero-order valence-electron chi connectivity index (χ0n) is 11.6. The van der Waals surface area contributed by atoms with Crippen LogP contribution in [0.15, 0.2) is 53.4 Å². The van der Waals surface area contributed by atoms with Gasteiger partial charge >= 0.3 is 0 Å². The molecule has 1 amide bonds. The molecule has 0 heterocycles. The summed E-state index contributed by atoms with van der Waals surface area (Å²) < 4.78 is 23.3. The number of thiocarbonyl (C=S) groups is 1. The number of sulfonamides is 1. The van der Waals surface area contributed by atoms with Crippen molar-refractivity contribution >= 4 is 61.5 Å². The summed E-state index contributed by atoms with van der Waals surface area (Å²) in [7, 11) is -3.74. The minimum absolute atomic E-state index is 0.00290. The van der Waals surface area contributed by atoms with Gasteiger partial charge in [-0.25, -0.2) is 13.6 Å². The minimum Gasteiger partial charge on any atom is -0.332 e. The first kappa shape index (κ1) is 17.8. The maximum Gasteiger partial charge on any atom is 0.257 e. The van der Waals surface area contributed by atoms with Crippen LogP contribution in [0.5, 0.6) is 0 Å². The highest BCUT2D eigenvalue weighted by Crippen LogP contribution is 2.13. The molecule has 120 valence electrons. The first-order valence-electron chi connectivity index (χ1n) is 6.26. The fraction of sp³-hybridized carbons (Fsp3) is 0. The Labute approximate surface area is 152 Å². The summed E-state index contributed by atoms with van der Waals surface area (Å²) in [5.41, 5.74) is 1.02. The topological polar surface area (TPSA) is 101 Å². The molecule has 2 aromatic carbocycles. The molecule has 0 aromatic heterocycles. The molecule has 0 saturated carbocycles.